The van der Waals surface area contributed by atoms with Crippen LogP contribution in [0.4, 0.5) is 17.5 Å². The number of esters is 1. The van der Waals surface area contributed by atoms with Crippen molar-refractivity contribution in [3.63, 3.8) is 0 Å². The van der Waals surface area contributed by atoms with Gasteiger partial charge in [0.05, 0.1) is 25.6 Å². The van der Waals surface area contributed by atoms with E-state index in [-0.39, 0.29) is 54.3 Å². The summed E-state index contributed by atoms with van der Waals surface area (Å²) in [6, 6.07) is 7.10. The molecule has 0 aromatic carbocycles. The molecule has 258 valence electrons. The molecule has 0 bridgehead atoms. The van der Waals surface area contributed by atoms with Crippen LogP contribution in [0.1, 0.15) is 82.0 Å². The molecular weight excluding hydrogens is 602 g/mol. The first-order chi connectivity index (χ1) is 21.6. The summed E-state index contributed by atoms with van der Waals surface area (Å²) >= 11 is 0. The largest absolute Gasteiger partial charge is 0.465 e. The average Bonchev–Trinajstić information content (AvgIpc) is 2.98. The van der Waals surface area contributed by atoms with E-state index in [0.29, 0.717) is 18.2 Å². The van der Waals surface area contributed by atoms with Gasteiger partial charge in [-0.15, -0.1) is 0 Å². The van der Waals surface area contributed by atoms with E-state index < -0.39 is 5.97 Å². The molecule has 0 unspecified atom stereocenters. The third kappa shape index (κ3) is 15.4. The minimum absolute atomic E-state index is 0. The maximum absolute atomic E-state index is 11.6. The van der Waals surface area contributed by atoms with E-state index in [4.69, 9.17) is 4.74 Å². The van der Waals surface area contributed by atoms with E-state index in [1.807, 2.05) is 53.7 Å². The highest BCUT2D eigenvalue weighted by Crippen LogP contribution is 2.16. The van der Waals surface area contributed by atoms with Gasteiger partial charge in [0.15, 0.2) is 5.82 Å². The molecule has 13 heteroatoms. The number of aryl methyl sites for hydroxylation is 3. The summed E-state index contributed by atoms with van der Waals surface area (Å²) in [6.45, 7) is 16.8. The second-order valence-corrected chi connectivity index (χ2v) is 11.2. The highest BCUT2D eigenvalue weighted by Gasteiger charge is 2.17. The number of pyridine rings is 2. The fourth-order valence-electron chi connectivity index (χ4n) is 3.21. The summed E-state index contributed by atoms with van der Waals surface area (Å²) in [6.07, 6.45) is 3.18. The standard InChI is InChI=1S/C12H16N2O3.C12H18N2O2.C9H13N3O.CH4/c1-7(2)11(15)14-10-9(12(16)17-4)6-5-8(3)13-10;1-8(2)12(15)14-11-10(7-16-4)6-5-9(3)13-11;1-6(2)9(13)12-8-5-10-4-7(3)11-8;/h5-7H,1-4H3,(H,13,14,15);5-6,8H,7H2,1-4H3,(H,13,14,15);4-6H,1-3H3,(H,11,12,13);1H4. The van der Waals surface area contributed by atoms with Gasteiger partial charge in [-0.25, -0.2) is 19.7 Å². The smallest absolute Gasteiger partial charge is 0.341 e. The third-order valence-electron chi connectivity index (χ3n) is 5.92. The normalized spacial score (nSPS) is 10.1. The summed E-state index contributed by atoms with van der Waals surface area (Å²) in [7, 11) is 2.91. The first-order valence-corrected chi connectivity index (χ1v) is 14.8. The molecule has 13 nitrogen and oxygen atoms in total. The van der Waals surface area contributed by atoms with Crippen LogP contribution in [0.5, 0.6) is 0 Å². The van der Waals surface area contributed by atoms with Gasteiger partial charge in [-0.2, -0.15) is 0 Å². The van der Waals surface area contributed by atoms with Crippen LogP contribution in [-0.4, -0.2) is 57.8 Å². The van der Waals surface area contributed by atoms with Crippen LogP contribution in [0.25, 0.3) is 0 Å². The molecule has 0 atom stereocenters. The second-order valence-electron chi connectivity index (χ2n) is 11.2. The Balaban J connectivity index is 0.000000674. The summed E-state index contributed by atoms with van der Waals surface area (Å²) < 4.78 is 9.69. The van der Waals surface area contributed by atoms with Crippen molar-refractivity contribution >= 4 is 41.1 Å². The molecule has 3 heterocycles. The lowest BCUT2D eigenvalue weighted by molar-refractivity contribution is -0.119. The molecule has 0 aliphatic carbocycles. The third-order valence-corrected chi connectivity index (χ3v) is 5.92. The van der Waals surface area contributed by atoms with Gasteiger partial charge >= 0.3 is 5.97 Å². The predicted octanol–water partition coefficient (Wildman–Crippen LogP) is 5.92. The highest BCUT2D eigenvalue weighted by atomic mass is 16.5. The zero-order valence-electron chi connectivity index (χ0n) is 28.6. The van der Waals surface area contributed by atoms with E-state index in [0.717, 1.165) is 22.6 Å². The number of nitrogens with one attached hydrogen (secondary N) is 3. The molecule has 0 spiro atoms. The Labute approximate surface area is 278 Å². The maximum Gasteiger partial charge on any atom is 0.341 e. The molecule has 3 amide bonds. The Morgan fingerprint density at radius 3 is 1.64 bits per heavy atom. The number of amides is 3. The van der Waals surface area contributed by atoms with Crippen molar-refractivity contribution in [1.29, 1.82) is 0 Å². The van der Waals surface area contributed by atoms with Crippen LogP contribution in [-0.2, 0) is 30.5 Å². The van der Waals surface area contributed by atoms with E-state index in [9.17, 15) is 19.2 Å². The minimum atomic E-state index is -0.517. The number of aromatic nitrogens is 4. The SMILES string of the molecule is C.COC(=O)c1ccc(C)nc1NC(=O)C(C)C.COCc1ccc(C)nc1NC(=O)C(C)C.Cc1cncc(NC(=O)C(C)C)n1. The van der Waals surface area contributed by atoms with Gasteiger partial charge in [0.25, 0.3) is 0 Å². The highest BCUT2D eigenvalue weighted by molar-refractivity contribution is 6.00. The topological polar surface area (TPSA) is 174 Å². The molecule has 3 aromatic heterocycles. The van der Waals surface area contributed by atoms with Gasteiger partial charge in [-0.1, -0.05) is 55.0 Å². The fourth-order valence-corrected chi connectivity index (χ4v) is 3.21. The predicted molar refractivity (Wildman–Crippen MR) is 184 cm³/mol. The molecule has 0 saturated heterocycles. The number of carbonyl (C=O) groups is 4. The summed E-state index contributed by atoms with van der Waals surface area (Å²) in [5, 5.41) is 8.09. The molecule has 0 saturated carbocycles. The van der Waals surface area contributed by atoms with Crippen molar-refractivity contribution in [3.05, 3.63) is 64.9 Å². The van der Waals surface area contributed by atoms with Crippen LogP contribution in [0, 0.1) is 38.5 Å². The number of anilines is 3. The van der Waals surface area contributed by atoms with E-state index >= 15 is 0 Å². The molecule has 47 heavy (non-hydrogen) atoms. The Morgan fingerprint density at radius 2 is 1.15 bits per heavy atom. The number of carbonyl (C=O) groups excluding carboxylic acids is 4. The average molecular weight is 654 g/mol. The van der Waals surface area contributed by atoms with Gasteiger partial charge in [0.2, 0.25) is 17.7 Å². The maximum atomic E-state index is 11.6. The Bertz CT molecular complexity index is 1480. The molecule has 0 fully saturated rings. The van der Waals surface area contributed by atoms with Gasteiger partial charge in [-0.05, 0) is 39.0 Å². The lowest BCUT2D eigenvalue weighted by Gasteiger charge is -2.11. The summed E-state index contributed by atoms with van der Waals surface area (Å²) in [5.41, 5.74) is 3.53. The van der Waals surface area contributed by atoms with E-state index in [1.165, 1.54) is 13.3 Å². The van der Waals surface area contributed by atoms with Gasteiger partial charge in [0.1, 0.15) is 17.2 Å². The zero-order valence-corrected chi connectivity index (χ0v) is 28.6. The number of hydrogen-bond acceptors (Lipinski definition) is 10. The lowest BCUT2D eigenvalue weighted by atomic mass is 10.2. The Morgan fingerprint density at radius 1 is 0.660 bits per heavy atom. The zero-order chi connectivity index (χ0) is 35.0. The van der Waals surface area contributed by atoms with E-state index in [2.05, 4.69) is 40.6 Å². The summed E-state index contributed by atoms with van der Waals surface area (Å²) in [4.78, 5) is 62.4. The van der Waals surface area contributed by atoms with Crippen molar-refractivity contribution in [1.82, 2.24) is 19.9 Å². The van der Waals surface area contributed by atoms with Gasteiger partial charge in [0, 0.05) is 48.0 Å². The lowest BCUT2D eigenvalue weighted by Crippen LogP contribution is -2.21. The molecule has 0 aliphatic heterocycles. The Kier molecular flexibility index (Phi) is 19.0. The van der Waals surface area contributed by atoms with Crippen LogP contribution in [0.2, 0.25) is 0 Å². The second kappa shape index (κ2) is 21.1. The van der Waals surface area contributed by atoms with Crippen molar-refractivity contribution in [3.8, 4) is 0 Å². The molecular formula is C34H51N7O6. The van der Waals surface area contributed by atoms with Crippen LogP contribution >= 0.6 is 0 Å². The number of nitrogens with zero attached hydrogens (tertiary/aromatic N) is 4. The van der Waals surface area contributed by atoms with Crippen LogP contribution in [0.3, 0.4) is 0 Å². The van der Waals surface area contributed by atoms with Crippen LogP contribution in [0.15, 0.2) is 36.7 Å². The van der Waals surface area contributed by atoms with Crippen LogP contribution < -0.4 is 16.0 Å². The van der Waals surface area contributed by atoms with Crippen molar-refractivity contribution in [2.45, 2.75) is 76.3 Å². The van der Waals surface area contributed by atoms with E-state index in [1.54, 1.807) is 46.2 Å². The minimum Gasteiger partial charge on any atom is -0.465 e. The Hall–Kier alpha value is -4.78. The summed E-state index contributed by atoms with van der Waals surface area (Å²) in [5.74, 6) is 0.304. The van der Waals surface area contributed by atoms with Crippen molar-refractivity contribution < 1.29 is 28.7 Å². The number of methoxy groups -OCH3 is 2. The van der Waals surface area contributed by atoms with Crippen molar-refractivity contribution in [2.24, 2.45) is 17.8 Å². The first kappa shape index (κ1) is 42.2. The fraction of sp³-hybridized carbons (Fsp3) is 0.471. The molecule has 3 N–H and O–H groups in total. The molecule has 3 aromatic rings. The van der Waals surface area contributed by atoms with Gasteiger partial charge in [-0.3, -0.25) is 19.4 Å². The number of rotatable bonds is 9. The number of ether oxygens (including phenoxy) is 2. The molecule has 0 radical (unpaired) electrons. The number of hydrogen-bond donors (Lipinski definition) is 3. The monoisotopic (exact) mass is 653 g/mol. The quantitative estimate of drug-likeness (QED) is 0.235. The van der Waals surface area contributed by atoms with Crippen molar-refractivity contribution in [2.75, 3.05) is 30.2 Å². The molecule has 3 rings (SSSR count). The molecule has 0 aliphatic rings. The first-order valence-electron chi connectivity index (χ1n) is 14.8. The van der Waals surface area contributed by atoms with Gasteiger partial charge < -0.3 is 25.4 Å².